The van der Waals surface area contributed by atoms with Gasteiger partial charge in [-0.1, -0.05) is 0 Å². The summed E-state index contributed by atoms with van der Waals surface area (Å²) in [6.45, 7) is 1.96. The summed E-state index contributed by atoms with van der Waals surface area (Å²) in [7, 11) is 5.95. The van der Waals surface area contributed by atoms with Crippen molar-refractivity contribution in [1.29, 1.82) is 0 Å². The molecule has 1 atom stereocenters. The molecule has 166 valence electrons. The average Bonchev–Trinajstić information content (AvgIpc) is 3.31. The number of benzene rings is 1. The van der Waals surface area contributed by atoms with Gasteiger partial charge in [0.15, 0.2) is 0 Å². The van der Waals surface area contributed by atoms with Crippen molar-refractivity contribution in [2.24, 2.45) is 0 Å². The first kappa shape index (κ1) is 21.5. The molecular formula is C23H27N7O2. The smallest absolute Gasteiger partial charge is 0.271 e. The van der Waals surface area contributed by atoms with E-state index in [4.69, 9.17) is 0 Å². The van der Waals surface area contributed by atoms with Crippen molar-refractivity contribution in [3.63, 3.8) is 0 Å². The standard InChI is InChI=1S/C23H27N7O2/c1-24-21-13-25-12-20(27-21)16-10-19(23(32)26-11-16)28-22(31)15-4-6-17(7-5-15)30-9-8-18(14-30)29(2)3/h4-7,10-13,18H,8-9,14H2,1-3H3,(H,24,27)(H,26,32)(H,28,31)/t18-/m1/s1. The molecule has 1 aliphatic heterocycles. The number of carbonyl (C=O) groups excluding carboxylic acids is 1. The van der Waals surface area contributed by atoms with Crippen LogP contribution in [0.3, 0.4) is 0 Å². The summed E-state index contributed by atoms with van der Waals surface area (Å²) < 4.78 is 0. The Bertz CT molecular complexity index is 1160. The van der Waals surface area contributed by atoms with E-state index in [2.05, 4.69) is 49.5 Å². The highest BCUT2D eigenvalue weighted by Crippen LogP contribution is 2.23. The van der Waals surface area contributed by atoms with Crippen LogP contribution in [0, 0.1) is 0 Å². The molecular weight excluding hydrogens is 406 g/mol. The van der Waals surface area contributed by atoms with E-state index >= 15 is 0 Å². The van der Waals surface area contributed by atoms with Gasteiger partial charge in [0, 0.05) is 49.2 Å². The summed E-state index contributed by atoms with van der Waals surface area (Å²) in [5.41, 5.74) is 2.57. The molecule has 4 rings (SSSR count). The third-order valence-corrected chi connectivity index (χ3v) is 5.73. The Morgan fingerprint density at radius 1 is 1.22 bits per heavy atom. The minimum absolute atomic E-state index is 0.154. The summed E-state index contributed by atoms with van der Waals surface area (Å²) in [5, 5.41) is 5.64. The first-order chi connectivity index (χ1) is 15.4. The van der Waals surface area contributed by atoms with Crippen LogP contribution in [-0.4, -0.2) is 66.0 Å². The Balaban J connectivity index is 1.48. The lowest BCUT2D eigenvalue weighted by atomic mass is 10.1. The molecule has 2 aromatic heterocycles. The van der Waals surface area contributed by atoms with Crippen LogP contribution < -0.4 is 21.1 Å². The lowest BCUT2D eigenvalue weighted by Crippen LogP contribution is -2.31. The van der Waals surface area contributed by atoms with Crippen LogP contribution in [0.25, 0.3) is 11.3 Å². The van der Waals surface area contributed by atoms with Crippen molar-refractivity contribution in [3.8, 4) is 11.3 Å². The number of nitrogens with one attached hydrogen (secondary N) is 3. The topological polar surface area (TPSA) is 106 Å². The van der Waals surface area contributed by atoms with Gasteiger partial charge in [-0.2, -0.15) is 0 Å². The van der Waals surface area contributed by atoms with Gasteiger partial charge in [0.1, 0.15) is 11.5 Å². The van der Waals surface area contributed by atoms with Gasteiger partial charge >= 0.3 is 0 Å². The molecule has 0 bridgehead atoms. The van der Waals surface area contributed by atoms with E-state index in [1.54, 1.807) is 43.8 Å². The van der Waals surface area contributed by atoms with Crippen molar-refractivity contribution >= 4 is 23.1 Å². The van der Waals surface area contributed by atoms with Crippen molar-refractivity contribution in [3.05, 3.63) is 64.8 Å². The fourth-order valence-electron chi connectivity index (χ4n) is 3.77. The van der Waals surface area contributed by atoms with Crippen molar-refractivity contribution in [2.75, 3.05) is 49.8 Å². The second kappa shape index (κ2) is 9.19. The largest absolute Gasteiger partial charge is 0.372 e. The average molecular weight is 434 g/mol. The Hall–Kier alpha value is -3.72. The summed E-state index contributed by atoms with van der Waals surface area (Å²) >= 11 is 0. The van der Waals surface area contributed by atoms with Gasteiger partial charge in [-0.25, -0.2) is 4.98 Å². The molecule has 1 saturated heterocycles. The van der Waals surface area contributed by atoms with Gasteiger partial charge in [0.05, 0.1) is 18.1 Å². The number of aromatic amines is 1. The zero-order valence-electron chi connectivity index (χ0n) is 18.4. The maximum Gasteiger partial charge on any atom is 0.271 e. The van der Waals surface area contributed by atoms with E-state index in [1.807, 2.05) is 12.1 Å². The number of anilines is 3. The fraction of sp³-hybridized carbons (Fsp3) is 0.304. The first-order valence-electron chi connectivity index (χ1n) is 10.5. The number of amides is 1. The van der Waals surface area contributed by atoms with Crippen molar-refractivity contribution < 1.29 is 4.79 Å². The second-order valence-corrected chi connectivity index (χ2v) is 8.02. The fourth-order valence-corrected chi connectivity index (χ4v) is 3.77. The molecule has 0 radical (unpaired) electrons. The number of likely N-dealkylation sites (N-methyl/N-ethyl adjacent to an activating group) is 1. The molecule has 3 N–H and O–H groups in total. The Morgan fingerprint density at radius 3 is 2.69 bits per heavy atom. The third-order valence-electron chi connectivity index (χ3n) is 5.73. The molecule has 1 amide bonds. The highest BCUT2D eigenvalue weighted by atomic mass is 16.2. The normalized spacial score (nSPS) is 15.8. The number of hydrogen-bond donors (Lipinski definition) is 3. The van der Waals surface area contributed by atoms with Crippen LogP contribution in [-0.2, 0) is 0 Å². The molecule has 3 aromatic rings. The predicted molar refractivity (Wildman–Crippen MR) is 126 cm³/mol. The summed E-state index contributed by atoms with van der Waals surface area (Å²) in [4.78, 5) is 40.8. The molecule has 0 aliphatic carbocycles. The van der Waals surface area contributed by atoms with Gasteiger partial charge in [0.2, 0.25) is 0 Å². The number of carbonyl (C=O) groups is 1. The van der Waals surface area contributed by atoms with Crippen molar-refractivity contribution in [1.82, 2.24) is 19.9 Å². The van der Waals surface area contributed by atoms with Gasteiger partial charge in [-0.15, -0.1) is 0 Å². The number of rotatable bonds is 6. The monoisotopic (exact) mass is 433 g/mol. The molecule has 3 heterocycles. The molecule has 0 spiro atoms. The number of nitrogens with zero attached hydrogens (tertiary/aromatic N) is 4. The van der Waals surface area contributed by atoms with Crippen LogP contribution in [0.5, 0.6) is 0 Å². The first-order valence-corrected chi connectivity index (χ1v) is 10.5. The molecule has 1 aliphatic rings. The van der Waals surface area contributed by atoms with E-state index < -0.39 is 0 Å². The predicted octanol–water partition coefficient (Wildman–Crippen LogP) is 2.27. The van der Waals surface area contributed by atoms with Crippen LogP contribution in [0.4, 0.5) is 17.2 Å². The van der Waals surface area contributed by atoms with E-state index in [0.29, 0.717) is 28.7 Å². The SMILES string of the molecule is CNc1cncc(-c2c[nH]c(=O)c(NC(=O)c3ccc(N4CC[C@@H](N(C)C)C4)cc3)c2)n1. The number of pyridine rings is 1. The van der Waals surface area contributed by atoms with Crippen LogP contribution in [0.2, 0.25) is 0 Å². The number of aromatic nitrogens is 3. The zero-order chi connectivity index (χ0) is 22.7. The van der Waals surface area contributed by atoms with E-state index in [1.165, 1.54) is 0 Å². The minimum Gasteiger partial charge on any atom is -0.372 e. The Morgan fingerprint density at radius 2 is 2.00 bits per heavy atom. The summed E-state index contributed by atoms with van der Waals surface area (Å²) in [6, 6.07) is 9.61. The zero-order valence-corrected chi connectivity index (χ0v) is 18.4. The highest BCUT2D eigenvalue weighted by molar-refractivity contribution is 6.04. The van der Waals surface area contributed by atoms with Crippen LogP contribution in [0.1, 0.15) is 16.8 Å². The van der Waals surface area contributed by atoms with E-state index in [-0.39, 0.29) is 17.2 Å². The lowest BCUT2D eigenvalue weighted by Gasteiger charge is -2.22. The van der Waals surface area contributed by atoms with Gasteiger partial charge in [-0.3, -0.25) is 14.6 Å². The Labute approximate surface area is 186 Å². The van der Waals surface area contributed by atoms with Crippen LogP contribution in [0.15, 0.2) is 53.7 Å². The lowest BCUT2D eigenvalue weighted by molar-refractivity contribution is 0.102. The number of hydrogen-bond acceptors (Lipinski definition) is 7. The van der Waals surface area contributed by atoms with Gasteiger partial charge < -0.3 is 25.4 Å². The minimum atomic E-state index is -0.386. The van der Waals surface area contributed by atoms with E-state index in [9.17, 15) is 9.59 Å². The van der Waals surface area contributed by atoms with Crippen molar-refractivity contribution in [2.45, 2.75) is 12.5 Å². The van der Waals surface area contributed by atoms with Gasteiger partial charge in [0.25, 0.3) is 11.5 Å². The molecule has 1 aromatic carbocycles. The molecule has 9 nitrogen and oxygen atoms in total. The summed E-state index contributed by atoms with van der Waals surface area (Å²) in [6.07, 6.45) is 5.87. The molecule has 0 unspecified atom stereocenters. The molecule has 32 heavy (non-hydrogen) atoms. The van der Waals surface area contributed by atoms with Gasteiger partial charge in [-0.05, 0) is 50.8 Å². The molecule has 1 fully saturated rings. The maximum atomic E-state index is 12.8. The third kappa shape index (κ3) is 4.62. The molecule has 0 saturated carbocycles. The quantitative estimate of drug-likeness (QED) is 0.547. The van der Waals surface area contributed by atoms with Crippen LogP contribution >= 0.6 is 0 Å². The maximum absolute atomic E-state index is 12.8. The molecule has 9 heteroatoms. The second-order valence-electron chi connectivity index (χ2n) is 8.02. The number of H-pyrrole nitrogens is 1. The highest BCUT2D eigenvalue weighted by Gasteiger charge is 2.24. The summed E-state index contributed by atoms with van der Waals surface area (Å²) in [5.74, 6) is 0.260. The Kier molecular flexibility index (Phi) is 6.18. The van der Waals surface area contributed by atoms with E-state index in [0.717, 1.165) is 25.2 Å².